The highest BCUT2D eigenvalue weighted by atomic mass is 16.6. The zero-order chi connectivity index (χ0) is 45.1. The lowest BCUT2D eigenvalue weighted by Crippen LogP contribution is -2.30. The fourth-order valence-electron chi connectivity index (χ4n) is 6.98. The first kappa shape index (κ1) is 58.9. The molecule has 62 heavy (non-hydrogen) atoms. The number of ether oxygens (including phenoxy) is 3. The molecule has 0 radical (unpaired) electrons. The van der Waals surface area contributed by atoms with Gasteiger partial charge in [-0.25, -0.2) is 0 Å². The summed E-state index contributed by atoms with van der Waals surface area (Å²) >= 11 is 0. The second kappa shape index (κ2) is 50.5. The molecular formula is C56H96O6. The van der Waals surface area contributed by atoms with E-state index in [0.29, 0.717) is 12.8 Å². The standard InChI is InChI=1S/C56H96O6/c1-4-7-10-13-16-19-22-25-27-28-29-32-34-37-40-43-46-49-55(58)61-52-53(51-60-54(57)48-45-42-39-36-33-30-24-21-18-15-12-9-6-3)62-56(59)50-47-44-41-38-35-31-26-23-20-17-14-11-8-5-2/h25,27,29-33,35,37,39-40,42,53H,4-24,26,28,34,36,38,41,43-52H2,1-3H3/b27-25-,32-29-,33-30-,35-31-,40-37-,42-39-. The van der Waals surface area contributed by atoms with Crippen LogP contribution in [0.4, 0.5) is 0 Å². The monoisotopic (exact) mass is 865 g/mol. The summed E-state index contributed by atoms with van der Waals surface area (Å²) in [4.78, 5) is 37.9. The number of rotatable bonds is 46. The molecule has 0 saturated carbocycles. The van der Waals surface area contributed by atoms with Gasteiger partial charge in [0.25, 0.3) is 0 Å². The predicted molar refractivity (Wildman–Crippen MR) is 265 cm³/mol. The van der Waals surface area contributed by atoms with E-state index in [0.717, 1.165) is 64.2 Å². The number of carbonyl (C=O) groups is 3. The highest BCUT2D eigenvalue weighted by molar-refractivity contribution is 5.71. The van der Waals surface area contributed by atoms with Gasteiger partial charge in [-0.2, -0.15) is 0 Å². The molecule has 0 spiro atoms. The van der Waals surface area contributed by atoms with E-state index >= 15 is 0 Å². The number of esters is 3. The number of carbonyl (C=O) groups excluding carboxylic acids is 3. The minimum absolute atomic E-state index is 0.125. The van der Waals surface area contributed by atoms with Crippen LogP contribution in [0.1, 0.15) is 245 Å². The minimum atomic E-state index is -0.825. The van der Waals surface area contributed by atoms with Crippen molar-refractivity contribution < 1.29 is 28.6 Å². The van der Waals surface area contributed by atoms with Crippen LogP contribution in [0, 0.1) is 0 Å². The third-order valence-electron chi connectivity index (χ3n) is 10.9. The SMILES string of the molecule is CCCCCCCC/C=C\C/C=C\C/C=C\CCCC(=O)OCC(COC(=O)CC/C=C\C/C=C\CCCCCCCC)OC(=O)CCCCC/C=C\CCCCCCCCC. The Morgan fingerprint density at radius 3 is 1.06 bits per heavy atom. The quantitative estimate of drug-likeness (QED) is 0.0262. The van der Waals surface area contributed by atoms with Gasteiger partial charge in [0.05, 0.1) is 0 Å². The van der Waals surface area contributed by atoms with E-state index in [-0.39, 0.29) is 50.4 Å². The zero-order valence-electron chi connectivity index (χ0n) is 40.6. The van der Waals surface area contributed by atoms with E-state index in [1.807, 2.05) is 6.08 Å². The lowest BCUT2D eigenvalue weighted by atomic mass is 10.1. The van der Waals surface area contributed by atoms with Crippen molar-refractivity contribution in [3.63, 3.8) is 0 Å². The Bertz CT molecular complexity index is 1180. The molecule has 0 aromatic rings. The summed E-state index contributed by atoms with van der Waals surface area (Å²) in [5.41, 5.74) is 0. The van der Waals surface area contributed by atoms with Crippen LogP contribution in [0.15, 0.2) is 72.9 Å². The van der Waals surface area contributed by atoms with E-state index in [9.17, 15) is 14.4 Å². The molecule has 0 aromatic carbocycles. The molecule has 1 unspecified atom stereocenters. The summed E-state index contributed by atoms with van der Waals surface area (Å²) in [5.74, 6) is -1.06. The molecule has 0 aliphatic carbocycles. The van der Waals surface area contributed by atoms with Gasteiger partial charge in [-0.05, 0) is 96.3 Å². The third-order valence-corrected chi connectivity index (χ3v) is 10.9. The number of hydrogen-bond donors (Lipinski definition) is 0. The van der Waals surface area contributed by atoms with Gasteiger partial charge in [0.15, 0.2) is 6.10 Å². The first-order chi connectivity index (χ1) is 30.5. The molecular weight excluding hydrogens is 769 g/mol. The Morgan fingerprint density at radius 1 is 0.323 bits per heavy atom. The van der Waals surface area contributed by atoms with Gasteiger partial charge in [0.1, 0.15) is 13.2 Å². The molecule has 0 amide bonds. The molecule has 6 heteroatoms. The van der Waals surface area contributed by atoms with Crippen molar-refractivity contribution in [3.8, 4) is 0 Å². The summed E-state index contributed by atoms with van der Waals surface area (Å²) in [6.07, 6.45) is 63.3. The summed E-state index contributed by atoms with van der Waals surface area (Å²) in [6.45, 7) is 6.51. The maximum absolute atomic E-state index is 12.8. The van der Waals surface area contributed by atoms with Crippen LogP contribution >= 0.6 is 0 Å². The average Bonchev–Trinajstić information content (AvgIpc) is 3.27. The minimum Gasteiger partial charge on any atom is -0.462 e. The number of hydrogen-bond acceptors (Lipinski definition) is 6. The van der Waals surface area contributed by atoms with Crippen LogP contribution in [-0.4, -0.2) is 37.2 Å². The van der Waals surface area contributed by atoms with Crippen LogP contribution < -0.4 is 0 Å². The van der Waals surface area contributed by atoms with Crippen LogP contribution in [-0.2, 0) is 28.6 Å². The topological polar surface area (TPSA) is 78.9 Å². The number of allylic oxidation sites excluding steroid dienone is 12. The summed E-state index contributed by atoms with van der Waals surface area (Å²) in [7, 11) is 0. The van der Waals surface area contributed by atoms with Crippen molar-refractivity contribution in [1.29, 1.82) is 0 Å². The summed E-state index contributed by atoms with van der Waals surface area (Å²) in [5, 5.41) is 0. The van der Waals surface area contributed by atoms with Crippen LogP contribution in [0.25, 0.3) is 0 Å². The van der Waals surface area contributed by atoms with Crippen LogP contribution in [0.5, 0.6) is 0 Å². The molecule has 0 saturated heterocycles. The molecule has 6 nitrogen and oxygen atoms in total. The van der Waals surface area contributed by atoms with E-state index in [1.165, 1.54) is 128 Å². The van der Waals surface area contributed by atoms with Crippen molar-refractivity contribution in [2.45, 2.75) is 252 Å². The lowest BCUT2D eigenvalue weighted by Gasteiger charge is -2.18. The van der Waals surface area contributed by atoms with Crippen molar-refractivity contribution in [2.75, 3.05) is 13.2 Å². The largest absolute Gasteiger partial charge is 0.462 e. The predicted octanol–water partition coefficient (Wildman–Crippen LogP) is 17.0. The summed E-state index contributed by atoms with van der Waals surface area (Å²) < 4.78 is 16.7. The Morgan fingerprint density at radius 2 is 0.629 bits per heavy atom. The first-order valence-electron chi connectivity index (χ1n) is 25.9. The smallest absolute Gasteiger partial charge is 0.306 e. The lowest BCUT2D eigenvalue weighted by molar-refractivity contribution is -0.166. The van der Waals surface area contributed by atoms with E-state index in [2.05, 4.69) is 87.6 Å². The summed E-state index contributed by atoms with van der Waals surface area (Å²) in [6, 6.07) is 0. The first-order valence-corrected chi connectivity index (χ1v) is 25.9. The fourth-order valence-corrected chi connectivity index (χ4v) is 6.98. The van der Waals surface area contributed by atoms with E-state index < -0.39 is 6.10 Å². The molecule has 0 aliphatic heterocycles. The zero-order valence-corrected chi connectivity index (χ0v) is 40.6. The third kappa shape index (κ3) is 47.9. The Hall–Kier alpha value is -3.15. The van der Waals surface area contributed by atoms with E-state index in [4.69, 9.17) is 14.2 Å². The highest BCUT2D eigenvalue weighted by Gasteiger charge is 2.19. The maximum Gasteiger partial charge on any atom is 0.306 e. The molecule has 0 aliphatic rings. The van der Waals surface area contributed by atoms with Crippen molar-refractivity contribution >= 4 is 17.9 Å². The second-order valence-electron chi connectivity index (χ2n) is 17.1. The molecule has 0 N–H and O–H groups in total. The van der Waals surface area contributed by atoms with Gasteiger partial charge >= 0.3 is 17.9 Å². The molecule has 0 fully saturated rings. The molecule has 356 valence electrons. The molecule has 0 rings (SSSR count). The Balaban J connectivity index is 4.53. The molecule has 0 aromatic heterocycles. The highest BCUT2D eigenvalue weighted by Crippen LogP contribution is 2.12. The molecule has 0 heterocycles. The van der Waals surface area contributed by atoms with Gasteiger partial charge < -0.3 is 14.2 Å². The molecule has 1 atom stereocenters. The van der Waals surface area contributed by atoms with Gasteiger partial charge in [0, 0.05) is 19.3 Å². The van der Waals surface area contributed by atoms with Gasteiger partial charge in [-0.3, -0.25) is 14.4 Å². The second-order valence-corrected chi connectivity index (χ2v) is 17.1. The average molecular weight is 865 g/mol. The molecule has 0 bridgehead atoms. The normalized spacial score (nSPS) is 12.6. The van der Waals surface area contributed by atoms with Gasteiger partial charge in [-0.1, -0.05) is 203 Å². The van der Waals surface area contributed by atoms with Crippen LogP contribution in [0.3, 0.4) is 0 Å². The fraction of sp³-hybridized carbons (Fsp3) is 0.732. The van der Waals surface area contributed by atoms with Crippen molar-refractivity contribution in [1.82, 2.24) is 0 Å². The Labute approximate surface area is 382 Å². The van der Waals surface area contributed by atoms with Gasteiger partial charge in [0.2, 0.25) is 0 Å². The van der Waals surface area contributed by atoms with Crippen molar-refractivity contribution in [3.05, 3.63) is 72.9 Å². The maximum atomic E-state index is 12.8. The van der Waals surface area contributed by atoms with E-state index in [1.54, 1.807) is 0 Å². The van der Waals surface area contributed by atoms with Crippen molar-refractivity contribution in [2.24, 2.45) is 0 Å². The number of unbranched alkanes of at least 4 members (excludes halogenated alkanes) is 23. The van der Waals surface area contributed by atoms with Crippen LogP contribution in [0.2, 0.25) is 0 Å². The Kier molecular flexibility index (Phi) is 47.9. The van der Waals surface area contributed by atoms with Gasteiger partial charge in [-0.15, -0.1) is 0 Å².